The van der Waals surface area contributed by atoms with Crippen molar-refractivity contribution in [3.63, 3.8) is 0 Å². The molecule has 0 amide bonds. The van der Waals surface area contributed by atoms with Gasteiger partial charge in [0.2, 0.25) is 0 Å². The van der Waals surface area contributed by atoms with Crippen molar-refractivity contribution in [3.8, 4) is 6.07 Å². The standard InChI is InChI=1S/C13H18N4/c14-7-6-11-4-1-2-9-17(11)13-5-3-8-16-12(13)10-15/h3,5,8,11H,1-2,4,6-7,9,14H2. The van der Waals surface area contributed by atoms with Crippen molar-refractivity contribution in [1.29, 1.82) is 5.26 Å². The molecular formula is C13H18N4. The molecule has 1 atom stereocenters. The van der Waals surface area contributed by atoms with Crippen molar-refractivity contribution < 1.29 is 0 Å². The number of rotatable bonds is 3. The van der Waals surface area contributed by atoms with Crippen LogP contribution in [0.1, 0.15) is 31.4 Å². The molecule has 2 N–H and O–H groups in total. The highest BCUT2D eigenvalue weighted by atomic mass is 15.2. The molecule has 0 aromatic carbocycles. The highest BCUT2D eigenvalue weighted by Crippen LogP contribution is 2.27. The summed E-state index contributed by atoms with van der Waals surface area (Å²) in [4.78, 5) is 6.44. The molecule has 90 valence electrons. The zero-order valence-corrected chi connectivity index (χ0v) is 9.97. The van der Waals surface area contributed by atoms with Gasteiger partial charge in [-0.3, -0.25) is 0 Å². The molecule has 0 aliphatic carbocycles. The van der Waals surface area contributed by atoms with E-state index < -0.39 is 0 Å². The van der Waals surface area contributed by atoms with Crippen molar-refractivity contribution in [3.05, 3.63) is 24.0 Å². The van der Waals surface area contributed by atoms with Gasteiger partial charge in [0, 0.05) is 18.8 Å². The Morgan fingerprint density at radius 2 is 2.41 bits per heavy atom. The van der Waals surface area contributed by atoms with Crippen LogP contribution in [0.4, 0.5) is 5.69 Å². The van der Waals surface area contributed by atoms with Gasteiger partial charge in [-0.1, -0.05) is 0 Å². The minimum Gasteiger partial charge on any atom is -0.366 e. The first-order chi connectivity index (χ1) is 8.36. The molecule has 1 fully saturated rings. The summed E-state index contributed by atoms with van der Waals surface area (Å²) in [6, 6.07) is 6.51. The second-order valence-corrected chi connectivity index (χ2v) is 4.40. The first-order valence-electron chi connectivity index (χ1n) is 6.18. The zero-order valence-electron chi connectivity index (χ0n) is 9.97. The van der Waals surface area contributed by atoms with Crippen LogP contribution in [0.2, 0.25) is 0 Å². The third-order valence-corrected chi connectivity index (χ3v) is 3.33. The number of hydrogen-bond donors (Lipinski definition) is 1. The number of nitrogens with zero attached hydrogens (tertiary/aromatic N) is 3. The smallest absolute Gasteiger partial charge is 0.163 e. The van der Waals surface area contributed by atoms with E-state index in [4.69, 9.17) is 11.0 Å². The minimum atomic E-state index is 0.463. The van der Waals surface area contributed by atoms with E-state index in [0.717, 1.165) is 25.1 Å². The normalized spacial score (nSPS) is 20.0. The lowest BCUT2D eigenvalue weighted by atomic mass is 9.98. The third kappa shape index (κ3) is 2.56. The van der Waals surface area contributed by atoms with Crippen molar-refractivity contribution in [2.45, 2.75) is 31.7 Å². The van der Waals surface area contributed by atoms with Gasteiger partial charge in [-0.15, -0.1) is 0 Å². The van der Waals surface area contributed by atoms with Gasteiger partial charge in [0.25, 0.3) is 0 Å². The Balaban J connectivity index is 2.26. The van der Waals surface area contributed by atoms with E-state index in [0.29, 0.717) is 18.3 Å². The van der Waals surface area contributed by atoms with Crippen LogP contribution in [0, 0.1) is 11.3 Å². The molecule has 1 aliphatic heterocycles. The molecule has 2 heterocycles. The minimum absolute atomic E-state index is 0.463. The summed E-state index contributed by atoms with van der Waals surface area (Å²) >= 11 is 0. The highest BCUT2D eigenvalue weighted by Gasteiger charge is 2.23. The van der Waals surface area contributed by atoms with E-state index in [1.54, 1.807) is 6.20 Å². The van der Waals surface area contributed by atoms with Crippen LogP contribution < -0.4 is 10.6 Å². The van der Waals surface area contributed by atoms with E-state index in [1.165, 1.54) is 12.8 Å². The lowest BCUT2D eigenvalue weighted by Gasteiger charge is -2.37. The van der Waals surface area contributed by atoms with Gasteiger partial charge in [0.15, 0.2) is 5.69 Å². The predicted octanol–water partition coefficient (Wildman–Crippen LogP) is 1.66. The monoisotopic (exact) mass is 230 g/mol. The molecule has 0 saturated carbocycles. The molecule has 4 nitrogen and oxygen atoms in total. The summed E-state index contributed by atoms with van der Waals surface area (Å²) in [5.74, 6) is 0. The van der Waals surface area contributed by atoms with Gasteiger partial charge in [0.05, 0.1) is 5.69 Å². The Morgan fingerprint density at radius 1 is 1.53 bits per heavy atom. The highest BCUT2D eigenvalue weighted by molar-refractivity contribution is 5.56. The average Bonchev–Trinajstić information content (AvgIpc) is 2.40. The first kappa shape index (κ1) is 11.9. The maximum Gasteiger partial charge on any atom is 0.163 e. The van der Waals surface area contributed by atoms with E-state index in [9.17, 15) is 0 Å². The number of nitrogens with two attached hydrogens (primary N) is 1. The van der Waals surface area contributed by atoms with Crippen molar-refractivity contribution in [2.24, 2.45) is 5.73 Å². The molecule has 1 aromatic heterocycles. The zero-order chi connectivity index (χ0) is 12.1. The summed E-state index contributed by atoms with van der Waals surface area (Å²) in [6.45, 7) is 1.70. The van der Waals surface area contributed by atoms with Crippen molar-refractivity contribution in [2.75, 3.05) is 18.0 Å². The average molecular weight is 230 g/mol. The second-order valence-electron chi connectivity index (χ2n) is 4.40. The Hall–Kier alpha value is -1.60. The van der Waals surface area contributed by atoms with Crippen LogP contribution >= 0.6 is 0 Å². The first-order valence-corrected chi connectivity index (χ1v) is 6.18. The number of piperidine rings is 1. The number of pyridine rings is 1. The van der Waals surface area contributed by atoms with Gasteiger partial charge in [0.1, 0.15) is 6.07 Å². The Morgan fingerprint density at radius 3 is 3.18 bits per heavy atom. The van der Waals surface area contributed by atoms with Gasteiger partial charge in [-0.25, -0.2) is 4.98 Å². The van der Waals surface area contributed by atoms with Crippen LogP contribution in [-0.4, -0.2) is 24.1 Å². The summed E-state index contributed by atoms with van der Waals surface area (Å²) in [6.07, 6.45) is 6.25. The van der Waals surface area contributed by atoms with E-state index in [1.807, 2.05) is 12.1 Å². The molecule has 0 bridgehead atoms. The number of aromatic nitrogens is 1. The Bertz CT molecular complexity index is 408. The Kier molecular flexibility index (Phi) is 3.94. The quantitative estimate of drug-likeness (QED) is 0.857. The molecule has 17 heavy (non-hydrogen) atoms. The maximum absolute atomic E-state index is 9.10. The van der Waals surface area contributed by atoms with E-state index >= 15 is 0 Å². The molecule has 2 rings (SSSR count). The van der Waals surface area contributed by atoms with Gasteiger partial charge < -0.3 is 10.6 Å². The van der Waals surface area contributed by atoms with Crippen molar-refractivity contribution >= 4 is 5.69 Å². The molecule has 1 aromatic rings. The maximum atomic E-state index is 9.10. The van der Waals surface area contributed by atoms with Crippen LogP contribution in [0.15, 0.2) is 18.3 Å². The Labute approximate surface area is 102 Å². The number of nitriles is 1. The van der Waals surface area contributed by atoms with E-state index in [2.05, 4.69) is 16.0 Å². The van der Waals surface area contributed by atoms with Gasteiger partial charge in [-0.05, 0) is 44.4 Å². The fourth-order valence-electron chi connectivity index (χ4n) is 2.52. The topological polar surface area (TPSA) is 65.9 Å². The lowest BCUT2D eigenvalue weighted by Crippen LogP contribution is -2.41. The van der Waals surface area contributed by atoms with Crippen molar-refractivity contribution in [1.82, 2.24) is 4.98 Å². The van der Waals surface area contributed by atoms with Crippen LogP contribution in [0.5, 0.6) is 0 Å². The lowest BCUT2D eigenvalue weighted by molar-refractivity contribution is 0.441. The van der Waals surface area contributed by atoms with Crippen LogP contribution in [0.25, 0.3) is 0 Å². The molecule has 1 unspecified atom stereocenters. The summed E-state index contributed by atoms with van der Waals surface area (Å²) in [5.41, 5.74) is 7.15. The fourth-order valence-corrected chi connectivity index (χ4v) is 2.52. The summed E-state index contributed by atoms with van der Waals surface area (Å²) < 4.78 is 0. The summed E-state index contributed by atoms with van der Waals surface area (Å²) in [7, 11) is 0. The molecule has 4 heteroatoms. The molecule has 0 spiro atoms. The van der Waals surface area contributed by atoms with E-state index in [-0.39, 0.29) is 0 Å². The van der Waals surface area contributed by atoms with Gasteiger partial charge >= 0.3 is 0 Å². The third-order valence-electron chi connectivity index (χ3n) is 3.33. The predicted molar refractivity (Wildman–Crippen MR) is 67.6 cm³/mol. The van der Waals surface area contributed by atoms with Crippen LogP contribution in [-0.2, 0) is 0 Å². The SMILES string of the molecule is N#Cc1ncccc1N1CCCCC1CCN. The largest absolute Gasteiger partial charge is 0.366 e. The molecule has 0 radical (unpaired) electrons. The van der Waals surface area contributed by atoms with Gasteiger partial charge in [-0.2, -0.15) is 5.26 Å². The van der Waals surface area contributed by atoms with Crippen LogP contribution in [0.3, 0.4) is 0 Å². The number of hydrogen-bond acceptors (Lipinski definition) is 4. The second kappa shape index (κ2) is 5.65. The molecular weight excluding hydrogens is 212 g/mol. The molecule has 1 aliphatic rings. The fraction of sp³-hybridized carbons (Fsp3) is 0.538. The summed E-state index contributed by atoms with van der Waals surface area (Å²) in [5, 5.41) is 9.10. The molecule has 1 saturated heterocycles. The number of anilines is 1.